The molecule has 1 saturated heterocycles. The molecule has 2 rings (SSSR count). The van der Waals surface area contributed by atoms with Gasteiger partial charge in [-0.1, -0.05) is 12.1 Å². The van der Waals surface area contributed by atoms with Crippen molar-refractivity contribution in [3.63, 3.8) is 0 Å². The molecule has 0 aromatic heterocycles. The van der Waals surface area contributed by atoms with Crippen molar-refractivity contribution in [2.45, 2.75) is 24.8 Å². The van der Waals surface area contributed by atoms with E-state index in [0.29, 0.717) is 13.0 Å². The standard InChI is InChI=1S/C13H15FN2O2/c14-10-3-1-2-8(4-10)9-5-11(16-7-9)6-12(17)13(15)18/h1-4,9,11,16H,5-7H2,(H2,15,18). The SMILES string of the molecule is NC(=O)C(=O)CC1CC(c2cccc(F)c2)CN1. The summed E-state index contributed by atoms with van der Waals surface area (Å²) in [5.74, 6) is -1.55. The normalized spacial score (nSPS) is 22.9. The number of ketones is 1. The monoisotopic (exact) mass is 250 g/mol. The average Bonchev–Trinajstić information content (AvgIpc) is 2.77. The van der Waals surface area contributed by atoms with E-state index in [1.807, 2.05) is 6.07 Å². The molecule has 4 nitrogen and oxygen atoms in total. The Bertz CT molecular complexity index is 476. The molecule has 1 amide bonds. The topological polar surface area (TPSA) is 72.2 Å². The largest absolute Gasteiger partial charge is 0.363 e. The van der Waals surface area contributed by atoms with Crippen LogP contribution in [0.15, 0.2) is 24.3 Å². The van der Waals surface area contributed by atoms with Gasteiger partial charge in [0.25, 0.3) is 5.91 Å². The van der Waals surface area contributed by atoms with Crippen molar-refractivity contribution in [3.05, 3.63) is 35.6 Å². The Morgan fingerprint density at radius 2 is 2.22 bits per heavy atom. The lowest BCUT2D eigenvalue weighted by Gasteiger charge is -2.09. The summed E-state index contributed by atoms with van der Waals surface area (Å²) in [7, 11) is 0. The molecular weight excluding hydrogens is 235 g/mol. The van der Waals surface area contributed by atoms with Crippen LogP contribution in [-0.4, -0.2) is 24.3 Å². The number of rotatable bonds is 4. The zero-order valence-corrected chi connectivity index (χ0v) is 9.86. The highest BCUT2D eigenvalue weighted by molar-refractivity contribution is 6.35. The van der Waals surface area contributed by atoms with E-state index in [0.717, 1.165) is 5.56 Å². The van der Waals surface area contributed by atoms with Crippen LogP contribution in [0.3, 0.4) is 0 Å². The number of nitrogens with two attached hydrogens (primary N) is 1. The van der Waals surface area contributed by atoms with Crippen LogP contribution in [0.5, 0.6) is 0 Å². The van der Waals surface area contributed by atoms with Crippen LogP contribution in [0.2, 0.25) is 0 Å². The van der Waals surface area contributed by atoms with Crippen molar-refractivity contribution >= 4 is 11.7 Å². The summed E-state index contributed by atoms with van der Waals surface area (Å²) in [6.45, 7) is 0.681. The molecule has 0 saturated carbocycles. The van der Waals surface area contributed by atoms with E-state index >= 15 is 0 Å². The van der Waals surface area contributed by atoms with Gasteiger partial charge in [-0.3, -0.25) is 9.59 Å². The lowest BCUT2D eigenvalue weighted by atomic mass is 9.95. The molecule has 0 spiro atoms. The molecule has 18 heavy (non-hydrogen) atoms. The molecular formula is C13H15FN2O2. The van der Waals surface area contributed by atoms with Gasteiger partial charge in [0.2, 0.25) is 5.78 Å². The molecule has 1 aromatic rings. The van der Waals surface area contributed by atoms with Gasteiger partial charge in [0.05, 0.1) is 0 Å². The summed E-state index contributed by atoms with van der Waals surface area (Å²) in [5.41, 5.74) is 5.83. The number of hydrogen-bond acceptors (Lipinski definition) is 3. The molecule has 1 aromatic carbocycles. The number of primary amides is 1. The number of carbonyl (C=O) groups excluding carboxylic acids is 2. The minimum atomic E-state index is -0.897. The zero-order chi connectivity index (χ0) is 13.1. The first-order valence-electron chi connectivity index (χ1n) is 5.87. The van der Waals surface area contributed by atoms with Gasteiger partial charge in [0, 0.05) is 19.0 Å². The van der Waals surface area contributed by atoms with E-state index in [4.69, 9.17) is 5.73 Å². The summed E-state index contributed by atoms with van der Waals surface area (Å²) < 4.78 is 13.1. The third-order valence-corrected chi connectivity index (χ3v) is 3.25. The van der Waals surface area contributed by atoms with Crippen LogP contribution in [0.25, 0.3) is 0 Å². The number of carbonyl (C=O) groups is 2. The number of nitrogens with one attached hydrogen (secondary N) is 1. The van der Waals surface area contributed by atoms with Crippen molar-refractivity contribution in [1.82, 2.24) is 5.32 Å². The molecule has 1 fully saturated rings. The number of Topliss-reactive ketones (excluding diaryl/α,β-unsaturated/α-hetero) is 1. The molecule has 96 valence electrons. The molecule has 0 aliphatic carbocycles. The Hall–Kier alpha value is -1.75. The van der Waals surface area contributed by atoms with Gasteiger partial charge in [-0.25, -0.2) is 4.39 Å². The van der Waals surface area contributed by atoms with Gasteiger partial charge in [-0.05, 0) is 30.0 Å². The van der Waals surface area contributed by atoms with E-state index in [-0.39, 0.29) is 24.2 Å². The van der Waals surface area contributed by atoms with Gasteiger partial charge in [-0.15, -0.1) is 0 Å². The molecule has 1 heterocycles. The summed E-state index contributed by atoms with van der Waals surface area (Å²) >= 11 is 0. The van der Waals surface area contributed by atoms with E-state index in [9.17, 15) is 14.0 Å². The highest BCUT2D eigenvalue weighted by atomic mass is 19.1. The van der Waals surface area contributed by atoms with Gasteiger partial charge in [0.1, 0.15) is 5.82 Å². The van der Waals surface area contributed by atoms with Gasteiger partial charge < -0.3 is 11.1 Å². The maximum Gasteiger partial charge on any atom is 0.284 e. The Morgan fingerprint density at radius 3 is 2.89 bits per heavy atom. The fraction of sp³-hybridized carbons (Fsp3) is 0.385. The molecule has 2 unspecified atom stereocenters. The van der Waals surface area contributed by atoms with Crippen molar-refractivity contribution in [2.75, 3.05) is 6.54 Å². The molecule has 5 heteroatoms. The summed E-state index contributed by atoms with van der Waals surface area (Å²) in [6.07, 6.45) is 0.823. The van der Waals surface area contributed by atoms with Gasteiger partial charge in [0.15, 0.2) is 0 Å². The fourth-order valence-electron chi connectivity index (χ4n) is 2.31. The molecule has 1 aliphatic rings. The first kappa shape index (κ1) is 12.7. The Kier molecular flexibility index (Phi) is 3.72. The summed E-state index contributed by atoms with van der Waals surface area (Å²) in [6, 6.07) is 6.39. The van der Waals surface area contributed by atoms with E-state index < -0.39 is 11.7 Å². The fourth-order valence-corrected chi connectivity index (χ4v) is 2.31. The maximum absolute atomic E-state index is 13.1. The lowest BCUT2D eigenvalue weighted by molar-refractivity contribution is -0.136. The second-order valence-electron chi connectivity index (χ2n) is 4.58. The second-order valence-corrected chi connectivity index (χ2v) is 4.58. The number of halogens is 1. The Balaban J connectivity index is 1.96. The first-order valence-corrected chi connectivity index (χ1v) is 5.87. The minimum Gasteiger partial charge on any atom is -0.363 e. The Morgan fingerprint density at radius 1 is 1.44 bits per heavy atom. The molecule has 3 N–H and O–H groups in total. The zero-order valence-electron chi connectivity index (χ0n) is 9.86. The van der Waals surface area contributed by atoms with Gasteiger partial charge >= 0.3 is 0 Å². The number of benzene rings is 1. The lowest BCUT2D eigenvalue weighted by Crippen LogP contribution is -2.31. The molecule has 1 aliphatic heterocycles. The van der Waals surface area contributed by atoms with Crippen LogP contribution in [-0.2, 0) is 9.59 Å². The smallest absolute Gasteiger partial charge is 0.284 e. The predicted molar refractivity (Wildman–Crippen MR) is 64.4 cm³/mol. The molecule has 0 radical (unpaired) electrons. The first-order chi connectivity index (χ1) is 8.56. The number of hydrogen-bond donors (Lipinski definition) is 2. The van der Waals surface area contributed by atoms with Crippen LogP contribution < -0.4 is 11.1 Å². The quantitative estimate of drug-likeness (QED) is 0.773. The van der Waals surface area contributed by atoms with Crippen LogP contribution in [0.1, 0.15) is 24.3 Å². The third-order valence-electron chi connectivity index (χ3n) is 3.25. The minimum absolute atomic E-state index is 0.0572. The maximum atomic E-state index is 13.1. The van der Waals surface area contributed by atoms with Crippen molar-refractivity contribution in [2.24, 2.45) is 5.73 Å². The Labute approximate surface area is 104 Å². The van der Waals surface area contributed by atoms with Gasteiger partial charge in [-0.2, -0.15) is 0 Å². The van der Waals surface area contributed by atoms with E-state index in [2.05, 4.69) is 5.32 Å². The molecule has 2 atom stereocenters. The van der Waals surface area contributed by atoms with Crippen molar-refractivity contribution in [1.29, 1.82) is 0 Å². The van der Waals surface area contributed by atoms with Crippen molar-refractivity contribution < 1.29 is 14.0 Å². The highest BCUT2D eigenvalue weighted by Crippen LogP contribution is 2.27. The average molecular weight is 250 g/mol. The van der Waals surface area contributed by atoms with E-state index in [1.165, 1.54) is 12.1 Å². The summed E-state index contributed by atoms with van der Waals surface area (Å²) in [4.78, 5) is 21.9. The predicted octanol–water partition coefficient (Wildman–Crippen LogP) is 0.716. The van der Waals surface area contributed by atoms with Crippen LogP contribution in [0, 0.1) is 5.82 Å². The summed E-state index contributed by atoms with van der Waals surface area (Å²) in [5, 5.41) is 3.16. The number of amides is 1. The van der Waals surface area contributed by atoms with Crippen molar-refractivity contribution in [3.8, 4) is 0 Å². The van der Waals surface area contributed by atoms with Crippen LogP contribution in [0.4, 0.5) is 4.39 Å². The molecule has 0 bridgehead atoms. The highest BCUT2D eigenvalue weighted by Gasteiger charge is 2.28. The second kappa shape index (κ2) is 5.27. The third kappa shape index (κ3) is 2.92. The van der Waals surface area contributed by atoms with E-state index in [1.54, 1.807) is 6.07 Å². The van der Waals surface area contributed by atoms with Crippen LogP contribution >= 0.6 is 0 Å².